The van der Waals surface area contributed by atoms with Crippen LogP contribution in [0.1, 0.15) is 65.9 Å². The number of hydrogen-bond acceptors (Lipinski definition) is 3. The Morgan fingerprint density at radius 2 is 1.77 bits per heavy atom. The van der Waals surface area contributed by atoms with Gasteiger partial charge in [0.25, 0.3) is 5.91 Å². The molecule has 2 aromatic rings. The van der Waals surface area contributed by atoms with Crippen LogP contribution in [0.15, 0.2) is 54.6 Å². The third kappa shape index (κ3) is 4.24. The highest BCUT2D eigenvalue weighted by molar-refractivity contribution is 6.02. The van der Waals surface area contributed by atoms with Crippen LogP contribution in [0, 0.1) is 0 Å². The average Bonchev–Trinajstić information content (AvgIpc) is 2.81. The lowest BCUT2D eigenvalue weighted by atomic mass is 9.65. The van der Waals surface area contributed by atoms with Gasteiger partial charge in [-0.1, -0.05) is 67.8 Å². The molecule has 1 saturated carbocycles. The number of carbonyl (C=O) groups excluding carboxylic acids is 2. The van der Waals surface area contributed by atoms with Gasteiger partial charge in [0.2, 0.25) is 5.91 Å². The van der Waals surface area contributed by atoms with Gasteiger partial charge in [0.15, 0.2) is 0 Å². The molecule has 1 spiro atoms. The van der Waals surface area contributed by atoms with Gasteiger partial charge in [-0.2, -0.15) is 0 Å². The molecule has 2 amide bonds. The number of hydrogen-bond donors (Lipinski definition) is 1. The molecule has 1 aliphatic heterocycles. The van der Waals surface area contributed by atoms with E-state index in [4.69, 9.17) is 4.74 Å². The summed E-state index contributed by atoms with van der Waals surface area (Å²) in [5, 5.41) is 3.14. The van der Waals surface area contributed by atoms with Crippen LogP contribution in [0.5, 0.6) is 0 Å². The lowest BCUT2D eigenvalue weighted by molar-refractivity contribution is -0.127. The van der Waals surface area contributed by atoms with Gasteiger partial charge >= 0.3 is 0 Å². The van der Waals surface area contributed by atoms with Crippen LogP contribution < -0.4 is 5.32 Å². The minimum Gasteiger partial charge on any atom is -0.385 e. The fraction of sp³-hybridized carbons (Fsp3) is 0.462. The first-order valence-electron chi connectivity index (χ1n) is 11.4. The molecule has 31 heavy (non-hydrogen) atoms. The van der Waals surface area contributed by atoms with Crippen LogP contribution in [0.2, 0.25) is 0 Å². The lowest BCUT2D eigenvalue weighted by Gasteiger charge is -2.53. The number of methoxy groups -OCH3 is 1. The molecule has 0 unspecified atom stereocenters. The summed E-state index contributed by atoms with van der Waals surface area (Å²) in [6, 6.07) is 17.8. The topological polar surface area (TPSA) is 58.6 Å². The van der Waals surface area contributed by atoms with Crippen molar-refractivity contribution in [2.75, 3.05) is 20.3 Å². The Hall–Kier alpha value is -2.66. The molecule has 5 nitrogen and oxygen atoms in total. The van der Waals surface area contributed by atoms with E-state index in [0.717, 1.165) is 49.7 Å². The molecule has 0 radical (unpaired) electrons. The number of rotatable bonds is 7. The van der Waals surface area contributed by atoms with Crippen molar-refractivity contribution in [1.29, 1.82) is 0 Å². The number of ether oxygens (including phenoxy) is 1. The van der Waals surface area contributed by atoms with Crippen molar-refractivity contribution in [1.82, 2.24) is 10.2 Å². The zero-order chi connectivity index (χ0) is 21.7. The van der Waals surface area contributed by atoms with Gasteiger partial charge in [-0.15, -0.1) is 0 Å². The van der Waals surface area contributed by atoms with Crippen molar-refractivity contribution in [2.45, 2.75) is 56.5 Å². The summed E-state index contributed by atoms with van der Waals surface area (Å²) in [7, 11) is 1.67. The zero-order valence-electron chi connectivity index (χ0n) is 18.3. The van der Waals surface area contributed by atoms with Crippen molar-refractivity contribution in [3.05, 3.63) is 71.3 Å². The summed E-state index contributed by atoms with van der Waals surface area (Å²) >= 11 is 0. The van der Waals surface area contributed by atoms with E-state index in [2.05, 4.69) is 17.4 Å². The Bertz CT molecular complexity index is 906. The van der Waals surface area contributed by atoms with E-state index in [1.165, 1.54) is 0 Å². The summed E-state index contributed by atoms with van der Waals surface area (Å²) in [5.74, 6) is -0.284. The molecule has 1 fully saturated rings. The van der Waals surface area contributed by atoms with Crippen LogP contribution in [-0.4, -0.2) is 42.5 Å². The molecule has 1 N–H and O–H groups in total. The third-order valence-electron chi connectivity index (χ3n) is 6.81. The number of nitrogens with zero attached hydrogens (tertiary/aromatic N) is 1. The van der Waals surface area contributed by atoms with Gasteiger partial charge in [0.1, 0.15) is 0 Å². The van der Waals surface area contributed by atoms with Gasteiger partial charge < -0.3 is 15.0 Å². The lowest BCUT2D eigenvalue weighted by Crippen LogP contribution is -2.62. The molecule has 2 aromatic carbocycles. The van der Waals surface area contributed by atoms with Crippen molar-refractivity contribution in [3.63, 3.8) is 0 Å². The molecule has 0 saturated heterocycles. The number of amides is 2. The van der Waals surface area contributed by atoms with Crippen molar-refractivity contribution < 1.29 is 14.3 Å². The molecular weight excluding hydrogens is 388 g/mol. The highest BCUT2D eigenvalue weighted by Gasteiger charge is 2.54. The Morgan fingerprint density at radius 3 is 2.52 bits per heavy atom. The first kappa shape index (κ1) is 21.6. The monoisotopic (exact) mass is 420 g/mol. The van der Waals surface area contributed by atoms with E-state index >= 15 is 0 Å². The summed E-state index contributed by atoms with van der Waals surface area (Å²) in [6.07, 6.45) is 5.71. The molecule has 2 aliphatic rings. The van der Waals surface area contributed by atoms with E-state index < -0.39 is 5.54 Å². The summed E-state index contributed by atoms with van der Waals surface area (Å²) in [5.41, 5.74) is 2.15. The molecule has 0 aromatic heterocycles. The van der Waals surface area contributed by atoms with Crippen molar-refractivity contribution in [2.24, 2.45) is 0 Å². The Balaban J connectivity index is 1.75. The van der Waals surface area contributed by atoms with Gasteiger partial charge in [0.05, 0.1) is 11.5 Å². The smallest absolute Gasteiger partial charge is 0.254 e. The minimum atomic E-state index is -0.481. The average molecular weight is 421 g/mol. The highest BCUT2D eigenvalue weighted by atomic mass is 16.5. The summed E-state index contributed by atoms with van der Waals surface area (Å²) in [4.78, 5) is 29.4. The second-order valence-electron chi connectivity index (χ2n) is 8.70. The maximum Gasteiger partial charge on any atom is 0.254 e. The second-order valence-corrected chi connectivity index (χ2v) is 8.70. The maximum atomic E-state index is 13.7. The quantitative estimate of drug-likeness (QED) is 0.680. The first-order chi connectivity index (χ1) is 15.2. The molecule has 1 heterocycles. The van der Waals surface area contributed by atoms with Gasteiger partial charge in [-0.05, 0) is 36.5 Å². The van der Waals surface area contributed by atoms with Gasteiger partial charge in [-0.3, -0.25) is 9.59 Å². The van der Waals surface area contributed by atoms with Gasteiger partial charge in [0, 0.05) is 32.4 Å². The number of carbonyl (C=O) groups is 2. The predicted molar refractivity (Wildman–Crippen MR) is 121 cm³/mol. The Morgan fingerprint density at radius 1 is 1.06 bits per heavy atom. The Kier molecular flexibility index (Phi) is 6.71. The molecule has 5 heteroatoms. The van der Waals surface area contributed by atoms with Crippen molar-refractivity contribution >= 4 is 11.8 Å². The number of nitrogens with one attached hydrogen (secondary N) is 1. The summed E-state index contributed by atoms with van der Waals surface area (Å²) < 4.78 is 5.13. The van der Waals surface area contributed by atoms with Crippen molar-refractivity contribution in [3.8, 4) is 0 Å². The van der Waals surface area contributed by atoms with E-state index in [0.29, 0.717) is 25.3 Å². The fourth-order valence-corrected chi connectivity index (χ4v) is 5.37. The van der Waals surface area contributed by atoms with Crippen LogP contribution in [0.3, 0.4) is 0 Å². The number of benzene rings is 2. The number of fused-ring (bicyclic) bond motifs is 1. The van der Waals surface area contributed by atoms with Crippen LogP contribution in [0.25, 0.3) is 0 Å². The van der Waals surface area contributed by atoms with E-state index in [1.807, 2.05) is 47.4 Å². The molecule has 1 atom stereocenters. The van der Waals surface area contributed by atoms with E-state index in [-0.39, 0.29) is 17.7 Å². The van der Waals surface area contributed by atoms with Gasteiger partial charge in [-0.25, -0.2) is 0 Å². The van der Waals surface area contributed by atoms with Crippen LogP contribution >= 0.6 is 0 Å². The standard InChI is InChI=1S/C26H32N2O3/c1-31-18-10-17-27-24(29)23-21-13-6-7-14-22(21)25(30)28(19-20-11-4-2-5-12-20)26(23)15-8-3-9-16-26/h2,4-7,11-14,23H,3,8-10,15-19H2,1H3,(H,27,29)/t23-/m0/s1. The van der Waals surface area contributed by atoms with Crippen LogP contribution in [-0.2, 0) is 16.1 Å². The maximum absolute atomic E-state index is 13.7. The molecule has 1 aliphatic carbocycles. The van der Waals surface area contributed by atoms with E-state index in [9.17, 15) is 9.59 Å². The largest absolute Gasteiger partial charge is 0.385 e. The molecule has 4 rings (SSSR count). The SMILES string of the molecule is COCCCNC(=O)[C@@H]1c2ccccc2C(=O)N(Cc2ccccc2)C12CCCCC2. The van der Waals surface area contributed by atoms with E-state index in [1.54, 1.807) is 7.11 Å². The third-order valence-corrected chi connectivity index (χ3v) is 6.81. The summed E-state index contributed by atoms with van der Waals surface area (Å²) in [6.45, 7) is 1.72. The second kappa shape index (κ2) is 9.65. The first-order valence-corrected chi connectivity index (χ1v) is 11.4. The zero-order valence-corrected chi connectivity index (χ0v) is 18.3. The Labute approximate surface area is 184 Å². The molecular formula is C26H32N2O3. The molecule has 164 valence electrons. The van der Waals surface area contributed by atoms with Crippen LogP contribution in [0.4, 0.5) is 0 Å². The highest BCUT2D eigenvalue weighted by Crippen LogP contribution is 2.49. The molecule has 0 bridgehead atoms. The predicted octanol–water partition coefficient (Wildman–Crippen LogP) is 4.28. The fourth-order valence-electron chi connectivity index (χ4n) is 5.37. The minimum absolute atomic E-state index is 0.0241. The normalized spacial score (nSPS) is 19.8.